The van der Waals surface area contributed by atoms with Crippen LogP contribution >= 0.6 is 15.9 Å². The molecule has 0 saturated heterocycles. The Morgan fingerprint density at radius 2 is 1.70 bits per heavy atom. The van der Waals surface area contributed by atoms with Gasteiger partial charge in [-0.15, -0.1) is 0 Å². The molecule has 0 aliphatic rings. The van der Waals surface area contributed by atoms with E-state index in [2.05, 4.69) is 15.9 Å². The van der Waals surface area contributed by atoms with E-state index >= 15 is 0 Å². The highest BCUT2D eigenvalue weighted by Gasteiger charge is 2.09. The fourth-order valence-corrected chi connectivity index (χ4v) is 2.69. The van der Waals surface area contributed by atoms with Gasteiger partial charge >= 0.3 is 0 Å². The quantitative estimate of drug-likeness (QED) is 0.631. The lowest BCUT2D eigenvalue weighted by atomic mass is 10.1. The number of hydrogen-bond acceptors (Lipinski definition) is 1. The van der Waals surface area contributed by atoms with Crippen molar-refractivity contribution in [1.82, 2.24) is 0 Å². The Kier molecular flexibility index (Phi) is 3.70. The predicted molar refractivity (Wildman–Crippen MR) is 82.4 cm³/mol. The summed E-state index contributed by atoms with van der Waals surface area (Å²) in [5, 5.41) is 1.33. The highest BCUT2D eigenvalue weighted by atomic mass is 79.9. The Hall–Kier alpha value is -1.87. The van der Waals surface area contributed by atoms with E-state index in [0.717, 1.165) is 15.4 Å². The Labute approximate surface area is 125 Å². The molecule has 100 valence electrons. The minimum absolute atomic E-state index is 0.242. The molecular formula is C17H12BrFO. The summed E-state index contributed by atoms with van der Waals surface area (Å²) < 4.78 is 20.5. The van der Waals surface area contributed by atoms with Crippen LogP contribution in [0.2, 0.25) is 0 Å². The number of halogens is 2. The SMILES string of the molecule is Fc1ccc(Br)c2c(OCc3ccccc3)cccc12. The van der Waals surface area contributed by atoms with Crippen LogP contribution < -0.4 is 4.74 Å². The van der Waals surface area contributed by atoms with Crippen molar-refractivity contribution < 1.29 is 9.13 Å². The van der Waals surface area contributed by atoms with Crippen molar-refractivity contribution in [2.45, 2.75) is 6.61 Å². The number of fused-ring (bicyclic) bond motifs is 1. The average molecular weight is 331 g/mol. The van der Waals surface area contributed by atoms with Gasteiger partial charge in [0.25, 0.3) is 0 Å². The summed E-state index contributed by atoms with van der Waals surface area (Å²) in [5.74, 6) is 0.436. The highest BCUT2D eigenvalue weighted by Crippen LogP contribution is 2.34. The zero-order valence-corrected chi connectivity index (χ0v) is 12.2. The van der Waals surface area contributed by atoms with Crippen LogP contribution in [0.15, 0.2) is 65.1 Å². The van der Waals surface area contributed by atoms with Gasteiger partial charge in [-0.25, -0.2) is 4.39 Å². The van der Waals surface area contributed by atoms with E-state index in [-0.39, 0.29) is 5.82 Å². The molecule has 1 nitrogen and oxygen atoms in total. The molecule has 0 aliphatic heterocycles. The lowest BCUT2D eigenvalue weighted by molar-refractivity contribution is 0.310. The van der Waals surface area contributed by atoms with E-state index in [1.54, 1.807) is 18.2 Å². The first kappa shape index (κ1) is 13.1. The number of hydrogen-bond donors (Lipinski definition) is 0. The Balaban J connectivity index is 1.98. The van der Waals surface area contributed by atoms with Gasteiger partial charge in [0, 0.05) is 15.2 Å². The monoisotopic (exact) mass is 330 g/mol. The maximum absolute atomic E-state index is 13.8. The molecule has 3 rings (SSSR count). The second-order valence-electron chi connectivity index (χ2n) is 4.48. The summed E-state index contributed by atoms with van der Waals surface area (Å²) in [6.45, 7) is 0.461. The molecule has 0 amide bonds. The van der Waals surface area contributed by atoms with Gasteiger partial charge in [0.05, 0.1) is 0 Å². The van der Waals surface area contributed by atoms with Crippen LogP contribution in [-0.4, -0.2) is 0 Å². The first-order valence-corrected chi connectivity index (χ1v) is 7.08. The van der Waals surface area contributed by atoms with Crippen LogP contribution in [0.3, 0.4) is 0 Å². The van der Waals surface area contributed by atoms with E-state index in [1.165, 1.54) is 6.07 Å². The topological polar surface area (TPSA) is 9.23 Å². The van der Waals surface area contributed by atoms with Gasteiger partial charge in [-0.1, -0.05) is 58.4 Å². The van der Waals surface area contributed by atoms with Crippen molar-refractivity contribution >= 4 is 26.7 Å². The molecule has 0 bridgehead atoms. The zero-order valence-electron chi connectivity index (χ0n) is 10.6. The zero-order chi connectivity index (χ0) is 13.9. The highest BCUT2D eigenvalue weighted by molar-refractivity contribution is 9.10. The van der Waals surface area contributed by atoms with Gasteiger partial charge in [0.2, 0.25) is 0 Å². The number of rotatable bonds is 3. The molecule has 0 N–H and O–H groups in total. The minimum atomic E-state index is -0.242. The van der Waals surface area contributed by atoms with E-state index in [9.17, 15) is 4.39 Å². The Morgan fingerprint density at radius 1 is 0.900 bits per heavy atom. The van der Waals surface area contributed by atoms with Crippen LogP contribution in [0.5, 0.6) is 5.75 Å². The molecule has 3 aromatic carbocycles. The van der Waals surface area contributed by atoms with Crippen molar-refractivity contribution in [2.24, 2.45) is 0 Å². The number of benzene rings is 3. The standard InChI is InChI=1S/C17H12BrFO/c18-14-9-10-15(19)13-7-4-8-16(17(13)14)20-11-12-5-2-1-3-6-12/h1-10H,11H2. The van der Waals surface area contributed by atoms with Crippen molar-refractivity contribution in [3.05, 3.63) is 76.5 Å². The van der Waals surface area contributed by atoms with Crippen molar-refractivity contribution in [2.75, 3.05) is 0 Å². The molecule has 0 heterocycles. The van der Waals surface area contributed by atoms with Gasteiger partial charge in [-0.2, -0.15) is 0 Å². The van der Waals surface area contributed by atoms with Gasteiger partial charge in [-0.05, 0) is 23.8 Å². The molecule has 0 aromatic heterocycles. The summed E-state index contributed by atoms with van der Waals surface area (Å²) in [6, 6.07) is 18.5. The fraction of sp³-hybridized carbons (Fsp3) is 0.0588. The van der Waals surface area contributed by atoms with Crippen molar-refractivity contribution in [3.8, 4) is 5.75 Å². The maximum Gasteiger partial charge on any atom is 0.131 e. The summed E-state index contributed by atoms with van der Waals surface area (Å²) in [5.41, 5.74) is 1.08. The molecule has 3 aromatic rings. The van der Waals surface area contributed by atoms with Gasteiger partial charge in [0.15, 0.2) is 0 Å². The van der Waals surface area contributed by atoms with Crippen LogP contribution in [0.25, 0.3) is 10.8 Å². The summed E-state index contributed by atoms with van der Waals surface area (Å²) in [6.07, 6.45) is 0. The summed E-state index contributed by atoms with van der Waals surface area (Å²) in [7, 11) is 0. The molecule has 0 spiro atoms. The van der Waals surface area contributed by atoms with E-state index in [4.69, 9.17) is 4.74 Å². The molecule has 0 radical (unpaired) electrons. The van der Waals surface area contributed by atoms with Crippen LogP contribution in [0, 0.1) is 5.82 Å². The van der Waals surface area contributed by atoms with Crippen LogP contribution in [-0.2, 0) is 6.61 Å². The first-order chi connectivity index (χ1) is 9.75. The second-order valence-corrected chi connectivity index (χ2v) is 5.34. The van der Waals surface area contributed by atoms with Gasteiger partial charge in [-0.3, -0.25) is 0 Å². The number of ether oxygens (including phenoxy) is 1. The molecule has 20 heavy (non-hydrogen) atoms. The summed E-state index contributed by atoms with van der Waals surface area (Å²) in [4.78, 5) is 0. The van der Waals surface area contributed by atoms with Crippen LogP contribution in [0.1, 0.15) is 5.56 Å². The van der Waals surface area contributed by atoms with Gasteiger partial charge in [0.1, 0.15) is 18.2 Å². The predicted octanol–water partition coefficient (Wildman–Crippen LogP) is 5.32. The van der Waals surface area contributed by atoms with Crippen molar-refractivity contribution in [1.29, 1.82) is 0 Å². The molecule has 0 atom stereocenters. The summed E-state index contributed by atoms with van der Waals surface area (Å²) >= 11 is 3.46. The fourth-order valence-electron chi connectivity index (χ4n) is 2.15. The third-order valence-electron chi connectivity index (χ3n) is 3.14. The molecule has 3 heteroatoms. The smallest absolute Gasteiger partial charge is 0.131 e. The molecule has 0 aliphatic carbocycles. The lowest BCUT2D eigenvalue weighted by Crippen LogP contribution is -1.96. The maximum atomic E-state index is 13.8. The van der Waals surface area contributed by atoms with Gasteiger partial charge < -0.3 is 4.74 Å². The lowest BCUT2D eigenvalue weighted by Gasteiger charge is -2.11. The van der Waals surface area contributed by atoms with Crippen molar-refractivity contribution in [3.63, 3.8) is 0 Å². The Bertz CT molecular complexity index is 741. The molecule has 0 fully saturated rings. The molecule has 0 unspecified atom stereocenters. The van der Waals surface area contributed by atoms with Crippen LogP contribution in [0.4, 0.5) is 4.39 Å². The molecule has 0 saturated carbocycles. The first-order valence-electron chi connectivity index (χ1n) is 6.29. The second kappa shape index (κ2) is 5.63. The van der Waals surface area contributed by atoms with E-state index in [1.807, 2.05) is 36.4 Å². The normalized spacial score (nSPS) is 10.7. The molecular weight excluding hydrogens is 319 g/mol. The third kappa shape index (κ3) is 2.54. The largest absolute Gasteiger partial charge is 0.488 e. The third-order valence-corrected chi connectivity index (χ3v) is 3.80. The Morgan fingerprint density at radius 3 is 2.50 bits per heavy atom. The van der Waals surface area contributed by atoms with E-state index in [0.29, 0.717) is 17.7 Å². The average Bonchev–Trinajstić information content (AvgIpc) is 2.50. The van der Waals surface area contributed by atoms with E-state index < -0.39 is 0 Å². The minimum Gasteiger partial charge on any atom is -0.488 e.